The quantitative estimate of drug-likeness (QED) is 0.409. The summed E-state index contributed by atoms with van der Waals surface area (Å²) in [5, 5.41) is 7.42. The van der Waals surface area contributed by atoms with Gasteiger partial charge in [-0.2, -0.15) is 0 Å². The largest absolute Gasteiger partial charge is 0.357 e. The smallest absolute Gasteiger partial charge is 0.191 e. The number of aliphatic imine (C=N–C) groups is 1. The summed E-state index contributed by atoms with van der Waals surface area (Å²) in [7, 11) is -3.24. The summed E-state index contributed by atoms with van der Waals surface area (Å²) in [6.45, 7) is 7.83. The molecule has 0 aliphatic rings. The first-order valence-electron chi connectivity index (χ1n) is 8.65. The lowest BCUT2D eigenvalue weighted by Gasteiger charge is -2.11. The summed E-state index contributed by atoms with van der Waals surface area (Å²) in [6.07, 6.45) is 0.514. The van der Waals surface area contributed by atoms with Gasteiger partial charge in [0.25, 0.3) is 0 Å². The zero-order chi connectivity index (χ0) is 19.0. The Balaban J connectivity index is 1.86. The van der Waals surface area contributed by atoms with Gasteiger partial charge in [0, 0.05) is 18.0 Å². The van der Waals surface area contributed by atoms with Crippen molar-refractivity contribution in [3.63, 3.8) is 0 Å². The number of hydrogen-bond donors (Lipinski definition) is 2. The third-order valence-electron chi connectivity index (χ3n) is 3.71. The lowest BCUT2D eigenvalue weighted by molar-refractivity contribution is 0.592. The van der Waals surface area contributed by atoms with Crippen LogP contribution in [-0.4, -0.2) is 38.2 Å². The van der Waals surface area contributed by atoms with Crippen molar-refractivity contribution in [3.8, 4) is 0 Å². The van der Waals surface area contributed by atoms with Crippen molar-refractivity contribution in [1.82, 2.24) is 15.6 Å². The second kappa shape index (κ2) is 9.68. The van der Waals surface area contributed by atoms with E-state index < -0.39 is 9.84 Å². The second-order valence-corrected chi connectivity index (χ2v) is 9.25. The highest BCUT2D eigenvalue weighted by molar-refractivity contribution is 7.91. The molecule has 0 fully saturated rings. The molecule has 1 aromatic heterocycles. The number of aromatic nitrogens is 1. The number of guanidine groups is 1. The van der Waals surface area contributed by atoms with E-state index in [4.69, 9.17) is 0 Å². The topological polar surface area (TPSA) is 83.4 Å². The number of nitrogens with zero attached hydrogens (tertiary/aromatic N) is 2. The summed E-state index contributed by atoms with van der Waals surface area (Å²) >= 11 is 1.65. The van der Waals surface area contributed by atoms with Gasteiger partial charge in [-0.3, -0.25) is 0 Å². The van der Waals surface area contributed by atoms with Crippen molar-refractivity contribution < 1.29 is 8.42 Å². The zero-order valence-corrected chi connectivity index (χ0v) is 17.1. The fourth-order valence-electron chi connectivity index (χ4n) is 2.43. The molecule has 8 heteroatoms. The molecule has 142 valence electrons. The summed E-state index contributed by atoms with van der Waals surface area (Å²) < 4.78 is 24.5. The highest BCUT2D eigenvalue weighted by atomic mass is 32.2. The van der Waals surface area contributed by atoms with Crippen molar-refractivity contribution in [2.24, 2.45) is 4.99 Å². The van der Waals surface area contributed by atoms with E-state index in [2.05, 4.69) is 20.6 Å². The van der Waals surface area contributed by atoms with E-state index in [1.165, 1.54) is 0 Å². The van der Waals surface area contributed by atoms with Gasteiger partial charge in [0.15, 0.2) is 15.8 Å². The Morgan fingerprint density at radius 3 is 2.54 bits per heavy atom. The fourth-order valence-corrected chi connectivity index (χ4v) is 4.62. The molecule has 0 saturated heterocycles. The molecule has 0 bridgehead atoms. The van der Waals surface area contributed by atoms with E-state index >= 15 is 0 Å². The molecule has 0 radical (unpaired) electrons. The van der Waals surface area contributed by atoms with Gasteiger partial charge in [-0.05, 0) is 39.3 Å². The predicted octanol–water partition coefficient (Wildman–Crippen LogP) is 2.68. The molecule has 0 atom stereocenters. The molecule has 0 aliphatic carbocycles. The minimum Gasteiger partial charge on any atom is -0.357 e. The highest BCUT2D eigenvalue weighted by Gasteiger charge is 2.13. The molecule has 2 rings (SSSR count). The number of thiazole rings is 1. The standard InChI is InChI=1S/C18H26N4O2S2/c1-4-19-18(21-13-17-14(2)22-15(3)25-17)20-11-8-12-26(23,24)16-9-6-5-7-10-16/h5-7,9-10H,4,8,11-13H2,1-3H3,(H2,19,20,21). The van der Waals surface area contributed by atoms with Gasteiger partial charge in [0.1, 0.15) is 0 Å². The van der Waals surface area contributed by atoms with Crippen molar-refractivity contribution in [2.45, 2.75) is 38.6 Å². The number of benzene rings is 1. The second-order valence-electron chi connectivity index (χ2n) is 5.85. The molecule has 0 aliphatic heterocycles. The minimum atomic E-state index is -3.24. The average Bonchev–Trinajstić information content (AvgIpc) is 2.94. The van der Waals surface area contributed by atoms with Crippen molar-refractivity contribution in [3.05, 3.63) is 45.9 Å². The lowest BCUT2D eigenvalue weighted by atomic mass is 10.4. The zero-order valence-electron chi connectivity index (χ0n) is 15.4. The van der Waals surface area contributed by atoms with Crippen molar-refractivity contribution in [1.29, 1.82) is 0 Å². The maximum atomic E-state index is 12.3. The number of hydrogen-bond acceptors (Lipinski definition) is 5. The van der Waals surface area contributed by atoms with Crippen LogP contribution in [0.4, 0.5) is 0 Å². The lowest BCUT2D eigenvalue weighted by Crippen LogP contribution is -2.38. The Kier molecular flexibility index (Phi) is 7.59. The van der Waals surface area contributed by atoms with Crippen LogP contribution in [0.25, 0.3) is 0 Å². The first-order chi connectivity index (χ1) is 12.4. The van der Waals surface area contributed by atoms with Gasteiger partial charge in [-0.25, -0.2) is 18.4 Å². The third kappa shape index (κ3) is 6.10. The predicted molar refractivity (Wildman–Crippen MR) is 108 cm³/mol. The van der Waals surface area contributed by atoms with Crippen LogP contribution in [0.3, 0.4) is 0 Å². The van der Waals surface area contributed by atoms with E-state index in [-0.39, 0.29) is 5.75 Å². The van der Waals surface area contributed by atoms with Crippen molar-refractivity contribution in [2.75, 3.05) is 18.8 Å². The molecule has 0 amide bonds. The van der Waals surface area contributed by atoms with Gasteiger partial charge in [-0.15, -0.1) is 11.3 Å². The normalized spacial score (nSPS) is 12.2. The summed E-state index contributed by atoms with van der Waals surface area (Å²) in [6, 6.07) is 8.56. The summed E-state index contributed by atoms with van der Waals surface area (Å²) in [5.41, 5.74) is 1.01. The molecule has 1 heterocycles. The van der Waals surface area contributed by atoms with Crippen LogP contribution < -0.4 is 10.6 Å². The molecule has 2 N–H and O–H groups in total. The van der Waals surface area contributed by atoms with Gasteiger partial charge < -0.3 is 10.6 Å². The molecule has 1 aromatic carbocycles. The first kappa shape index (κ1) is 20.4. The van der Waals surface area contributed by atoms with E-state index in [1.807, 2.05) is 26.8 Å². The molecule has 26 heavy (non-hydrogen) atoms. The Morgan fingerprint density at radius 2 is 1.92 bits per heavy atom. The molecule has 0 spiro atoms. The minimum absolute atomic E-state index is 0.108. The number of rotatable bonds is 8. The van der Waals surface area contributed by atoms with Gasteiger partial charge >= 0.3 is 0 Å². The van der Waals surface area contributed by atoms with Gasteiger partial charge in [0.2, 0.25) is 0 Å². The first-order valence-corrected chi connectivity index (χ1v) is 11.1. The Labute approximate surface area is 159 Å². The Bertz CT molecular complexity index is 830. The van der Waals surface area contributed by atoms with Crippen LogP contribution in [0.5, 0.6) is 0 Å². The van der Waals surface area contributed by atoms with Crippen LogP contribution in [0.15, 0.2) is 40.2 Å². The average molecular weight is 395 g/mol. The Hall–Kier alpha value is -1.93. The van der Waals surface area contributed by atoms with Crippen LogP contribution >= 0.6 is 11.3 Å². The maximum Gasteiger partial charge on any atom is 0.191 e. The van der Waals surface area contributed by atoms with Crippen LogP contribution in [-0.2, 0) is 16.4 Å². The molecular weight excluding hydrogens is 368 g/mol. The highest BCUT2D eigenvalue weighted by Crippen LogP contribution is 2.17. The molecule has 2 aromatic rings. The maximum absolute atomic E-state index is 12.3. The Morgan fingerprint density at radius 1 is 1.19 bits per heavy atom. The van der Waals surface area contributed by atoms with E-state index in [9.17, 15) is 8.42 Å². The van der Waals surface area contributed by atoms with E-state index in [0.29, 0.717) is 30.4 Å². The van der Waals surface area contributed by atoms with E-state index in [0.717, 1.165) is 22.1 Å². The molecule has 6 nitrogen and oxygen atoms in total. The fraction of sp³-hybridized carbons (Fsp3) is 0.444. The molecule has 0 unspecified atom stereocenters. The number of sulfone groups is 1. The van der Waals surface area contributed by atoms with Crippen LogP contribution in [0.2, 0.25) is 0 Å². The SMILES string of the molecule is CCNC(=NCc1sc(C)nc1C)NCCCS(=O)(=O)c1ccccc1. The summed E-state index contributed by atoms with van der Waals surface area (Å²) in [5.74, 6) is 0.798. The third-order valence-corrected chi connectivity index (χ3v) is 6.58. The molecule has 0 saturated carbocycles. The van der Waals surface area contributed by atoms with Gasteiger partial charge in [-0.1, -0.05) is 18.2 Å². The number of nitrogens with one attached hydrogen (secondary N) is 2. The van der Waals surface area contributed by atoms with E-state index in [1.54, 1.807) is 35.6 Å². The molecular formula is C18H26N4O2S2. The summed E-state index contributed by atoms with van der Waals surface area (Å²) in [4.78, 5) is 10.5. The monoisotopic (exact) mass is 394 g/mol. The number of aryl methyl sites for hydroxylation is 2. The van der Waals surface area contributed by atoms with Gasteiger partial charge in [0.05, 0.1) is 27.9 Å². The van der Waals surface area contributed by atoms with Crippen LogP contribution in [0, 0.1) is 13.8 Å². The van der Waals surface area contributed by atoms with Crippen LogP contribution in [0.1, 0.15) is 28.9 Å². The van der Waals surface area contributed by atoms with Crippen molar-refractivity contribution >= 4 is 27.1 Å².